The predicted molar refractivity (Wildman–Crippen MR) is 81.0 cm³/mol. The van der Waals surface area contributed by atoms with Crippen molar-refractivity contribution in [1.29, 1.82) is 0 Å². The molecule has 0 aliphatic carbocycles. The van der Waals surface area contributed by atoms with E-state index in [1.807, 2.05) is 6.92 Å². The van der Waals surface area contributed by atoms with E-state index in [1.54, 1.807) is 20.8 Å². The zero-order valence-corrected chi connectivity index (χ0v) is 14.1. The molecule has 6 nitrogen and oxygen atoms in total. The Morgan fingerprint density at radius 1 is 1.40 bits per heavy atom. The first-order valence-electron chi connectivity index (χ1n) is 6.50. The van der Waals surface area contributed by atoms with Crippen molar-refractivity contribution in [3.8, 4) is 0 Å². The second-order valence-electron chi connectivity index (χ2n) is 5.73. The molecule has 0 aromatic rings. The van der Waals surface area contributed by atoms with E-state index in [0.717, 1.165) is 0 Å². The number of amides is 1. The molecule has 8 heteroatoms. The summed E-state index contributed by atoms with van der Waals surface area (Å²) < 4.78 is 28.3. The lowest BCUT2D eigenvalue weighted by Crippen LogP contribution is -2.56. The Balaban J connectivity index is 0.00000361. The lowest BCUT2D eigenvalue weighted by molar-refractivity contribution is -0.128. The highest BCUT2D eigenvalue weighted by Gasteiger charge is 2.30. The van der Waals surface area contributed by atoms with Gasteiger partial charge >= 0.3 is 0 Å². The molecule has 1 amide bonds. The van der Waals surface area contributed by atoms with E-state index in [1.165, 1.54) is 0 Å². The largest absolute Gasteiger partial charge is 0.375 e. The van der Waals surface area contributed by atoms with Gasteiger partial charge in [-0.2, -0.15) is 0 Å². The van der Waals surface area contributed by atoms with Crippen LogP contribution >= 0.6 is 12.4 Å². The molecule has 0 bridgehead atoms. The van der Waals surface area contributed by atoms with Gasteiger partial charge in [0.2, 0.25) is 5.91 Å². The van der Waals surface area contributed by atoms with Crippen LogP contribution in [-0.4, -0.2) is 56.7 Å². The Hall–Kier alpha value is -0.370. The molecule has 0 spiro atoms. The van der Waals surface area contributed by atoms with E-state index < -0.39 is 20.6 Å². The number of hydrogen-bond donors (Lipinski definition) is 2. The molecule has 1 fully saturated rings. The van der Waals surface area contributed by atoms with E-state index in [0.29, 0.717) is 13.2 Å². The first-order chi connectivity index (χ1) is 8.65. The lowest BCUT2D eigenvalue weighted by Gasteiger charge is -2.29. The Kier molecular flexibility index (Phi) is 7.44. The molecule has 0 radical (unpaired) electrons. The summed E-state index contributed by atoms with van der Waals surface area (Å²) in [6, 6.07) is -0.411. The zero-order chi connectivity index (χ0) is 14.7. The summed E-state index contributed by atoms with van der Waals surface area (Å²) in [5, 5.41) is 5.71. The van der Waals surface area contributed by atoms with Gasteiger partial charge in [0.25, 0.3) is 0 Å². The molecule has 0 aromatic carbocycles. The van der Waals surface area contributed by atoms with Crippen molar-refractivity contribution in [2.24, 2.45) is 0 Å². The molecule has 0 unspecified atom stereocenters. The average molecular weight is 329 g/mol. The van der Waals surface area contributed by atoms with Crippen molar-refractivity contribution in [1.82, 2.24) is 10.6 Å². The number of nitrogens with one attached hydrogen (secondary N) is 2. The molecule has 1 aliphatic rings. The zero-order valence-electron chi connectivity index (χ0n) is 12.4. The molecule has 120 valence electrons. The topological polar surface area (TPSA) is 84.5 Å². The van der Waals surface area contributed by atoms with Gasteiger partial charge in [-0.05, 0) is 27.7 Å². The summed E-state index contributed by atoms with van der Waals surface area (Å²) in [6.45, 7) is 8.13. The molecule has 0 aromatic heterocycles. The number of rotatable bonds is 4. The molecule has 1 saturated heterocycles. The minimum atomic E-state index is -3.20. The van der Waals surface area contributed by atoms with Crippen LogP contribution in [0.25, 0.3) is 0 Å². The molecule has 1 aliphatic heterocycles. The second-order valence-corrected chi connectivity index (χ2v) is 8.59. The number of halogens is 1. The summed E-state index contributed by atoms with van der Waals surface area (Å²) in [7, 11) is -3.20. The van der Waals surface area contributed by atoms with Crippen LogP contribution in [0.15, 0.2) is 0 Å². The van der Waals surface area contributed by atoms with Gasteiger partial charge in [0.05, 0.1) is 23.2 Å². The number of sulfone groups is 1. The predicted octanol–water partition coefficient (Wildman–Crippen LogP) is 0.115. The van der Waals surface area contributed by atoms with Crippen LogP contribution in [0.1, 0.15) is 27.7 Å². The maximum absolute atomic E-state index is 11.9. The van der Waals surface area contributed by atoms with E-state index in [4.69, 9.17) is 4.74 Å². The van der Waals surface area contributed by atoms with Crippen LogP contribution in [0.4, 0.5) is 0 Å². The molecule has 0 saturated carbocycles. The number of morpholine rings is 1. The minimum Gasteiger partial charge on any atom is -0.375 e. The molecular formula is C12H25ClN2O4S. The number of carbonyl (C=O) groups excluding carboxylic acids is 1. The summed E-state index contributed by atoms with van der Waals surface area (Å²) >= 11 is 0. The van der Waals surface area contributed by atoms with Crippen LogP contribution in [0.3, 0.4) is 0 Å². The lowest BCUT2D eigenvalue weighted by atomic mass is 10.1. The molecule has 20 heavy (non-hydrogen) atoms. The normalized spacial score (nSPS) is 23.8. The average Bonchev–Trinajstić information content (AvgIpc) is 2.27. The fourth-order valence-corrected chi connectivity index (χ4v) is 2.74. The van der Waals surface area contributed by atoms with Crippen molar-refractivity contribution in [3.05, 3.63) is 0 Å². The van der Waals surface area contributed by atoms with Gasteiger partial charge in [-0.1, -0.05) is 0 Å². The fourth-order valence-electron chi connectivity index (χ4n) is 1.75. The highest BCUT2D eigenvalue weighted by molar-refractivity contribution is 7.92. The first-order valence-corrected chi connectivity index (χ1v) is 8.15. The number of carbonyl (C=O) groups is 1. The Labute approximate surface area is 127 Å². The van der Waals surface area contributed by atoms with E-state index >= 15 is 0 Å². The van der Waals surface area contributed by atoms with Crippen molar-refractivity contribution < 1.29 is 17.9 Å². The SMILES string of the molecule is C[C@H]1OCCN[C@@H]1C(=O)NCCS(=O)(=O)C(C)(C)C.Cl. The quantitative estimate of drug-likeness (QED) is 0.765. The van der Waals surface area contributed by atoms with Crippen molar-refractivity contribution in [2.45, 2.75) is 44.6 Å². The summed E-state index contributed by atoms with van der Waals surface area (Å²) in [5.41, 5.74) is 0. The monoisotopic (exact) mass is 328 g/mol. The van der Waals surface area contributed by atoms with Crippen LogP contribution in [-0.2, 0) is 19.4 Å². The van der Waals surface area contributed by atoms with E-state index in [2.05, 4.69) is 10.6 Å². The van der Waals surface area contributed by atoms with Gasteiger partial charge in [-0.3, -0.25) is 4.79 Å². The standard InChI is InChI=1S/C12H24N2O4S.ClH/c1-9-10(13-5-7-18-9)11(15)14-6-8-19(16,17)12(2,3)4;/h9-10,13H,5-8H2,1-4H3,(H,14,15);1H/t9-,10+;/m1./s1. The summed E-state index contributed by atoms with van der Waals surface area (Å²) in [6.07, 6.45) is -0.201. The highest BCUT2D eigenvalue weighted by Crippen LogP contribution is 2.15. The Morgan fingerprint density at radius 3 is 2.50 bits per heavy atom. The van der Waals surface area contributed by atoms with Crippen LogP contribution in [0.5, 0.6) is 0 Å². The highest BCUT2D eigenvalue weighted by atomic mass is 35.5. The van der Waals surface area contributed by atoms with Gasteiger partial charge < -0.3 is 15.4 Å². The second kappa shape index (κ2) is 7.59. The van der Waals surface area contributed by atoms with E-state index in [-0.39, 0.29) is 36.7 Å². The molecule has 2 N–H and O–H groups in total. The molecule has 1 rings (SSSR count). The third-order valence-electron chi connectivity index (χ3n) is 3.20. The molecule has 2 atom stereocenters. The molecular weight excluding hydrogens is 304 g/mol. The van der Waals surface area contributed by atoms with Crippen molar-refractivity contribution >= 4 is 28.2 Å². The number of hydrogen-bond acceptors (Lipinski definition) is 5. The molecule has 1 heterocycles. The van der Waals surface area contributed by atoms with Gasteiger partial charge in [0.1, 0.15) is 6.04 Å². The van der Waals surface area contributed by atoms with Gasteiger partial charge in [0.15, 0.2) is 9.84 Å². The van der Waals surface area contributed by atoms with Gasteiger partial charge in [-0.15, -0.1) is 12.4 Å². The maximum Gasteiger partial charge on any atom is 0.239 e. The minimum absolute atomic E-state index is 0. The van der Waals surface area contributed by atoms with Gasteiger partial charge in [-0.25, -0.2) is 8.42 Å². The van der Waals surface area contributed by atoms with E-state index in [9.17, 15) is 13.2 Å². The maximum atomic E-state index is 11.9. The fraction of sp³-hybridized carbons (Fsp3) is 0.917. The van der Waals surface area contributed by atoms with Gasteiger partial charge in [0, 0.05) is 13.1 Å². The van der Waals surface area contributed by atoms with Crippen LogP contribution in [0, 0.1) is 0 Å². The van der Waals surface area contributed by atoms with Crippen LogP contribution < -0.4 is 10.6 Å². The number of ether oxygens (including phenoxy) is 1. The summed E-state index contributed by atoms with van der Waals surface area (Å²) in [4.78, 5) is 11.9. The third-order valence-corrected chi connectivity index (χ3v) is 5.81. The Morgan fingerprint density at radius 2 is 2.00 bits per heavy atom. The van der Waals surface area contributed by atoms with Crippen LogP contribution in [0.2, 0.25) is 0 Å². The first kappa shape index (κ1) is 19.6. The van der Waals surface area contributed by atoms with Crippen molar-refractivity contribution in [2.75, 3.05) is 25.4 Å². The van der Waals surface area contributed by atoms with Crippen molar-refractivity contribution in [3.63, 3.8) is 0 Å². The Bertz CT molecular complexity index is 420. The summed E-state index contributed by atoms with van der Waals surface area (Å²) in [5.74, 6) is -0.263. The smallest absolute Gasteiger partial charge is 0.239 e. The third kappa shape index (κ3) is 5.20.